The summed E-state index contributed by atoms with van der Waals surface area (Å²) in [6, 6.07) is 5.64. The first-order chi connectivity index (χ1) is 12.1. The smallest absolute Gasteiger partial charge is 0.246 e. The van der Waals surface area contributed by atoms with Gasteiger partial charge in [0.15, 0.2) is 0 Å². The molecule has 1 amide bonds. The van der Waals surface area contributed by atoms with Crippen LogP contribution in [0.5, 0.6) is 0 Å². The Morgan fingerprint density at radius 1 is 1.48 bits per heavy atom. The molecule has 3 aromatic rings. The summed E-state index contributed by atoms with van der Waals surface area (Å²) in [5.74, 6) is 1.37. The second kappa shape index (κ2) is 6.29. The first-order valence-electron chi connectivity index (χ1n) is 8.46. The minimum absolute atomic E-state index is 0.0358. The van der Waals surface area contributed by atoms with Crippen molar-refractivity contribution in [2.45, 2.75) is 44.8 Å². The maximum Gasteiger partial charge on any atom is 0.246 e. The van der Waals surface area contributed by atoms with E-state index in [1.165, 1.54) is 23.9 Å². The predicted molar refractivity (Wildman–Crippen MR) is 92.0 cm³/mol. The van der Waals surface area contributed by atoms with Crippen molar-refractivity contribution in [3.8, 4) is 0 Å². The number of H-pyrrole nitrogens is 1. The number of benzene rings is 1. The lowest BCUT2D eigenvalue weighted by molar-refractivity contribution is -0.116. The van der Waals surface area contributed by atoms with E-state index in [-0.39, 0.29) is 12.5 Å². The van der Waals surface area contributed by atoms with E-state index in [9.17, 15) is 9.90 Å². The minimum Gasteiger partial charge on any atom is -0.387 e. The van der Waals surface area contributed by atoms with Gasteiger partial charge < -0.3 is 15.4 Å². The maximum atomic E-state index is 12.2. The molecule has 25 heavy (non-hydrogen) atoms. The Morgan fingerprint density at radius 3 is 3.00 bits per heavy atom. The van der Waals surface area contributed by atoms with Gasteiger partial charge in [-0.3, -0.25) is 4.79 Å². The van der Waals surface area contributed by atoms with Crippen molar-refractivity contribution < 1.29 is 9.90 Å². The number of amides is 1. The second-order valence-electron chi connectivity index (χ2n) is 6.55. The number of carbonyl (C=O) groups is 1. The van der Waals surface area contributed by atoms with E-state index in [1.54, 1.807) is 13.1 Å². The van der Waals surface area contributed by atoms with Gasteiger partial charge in [0.25, 0.3) is 0 Å². The van der Waals surface area contributed by atoms with Crippen LogP contribution in [0.3, 0.4) is 0 Å². The molecule has 8 nitrogen and oxygen atoms in total. The largest absolute Gasteiger partial charge is 0.387 e. The fraction of sp³-hybridized carbons (Fsp3) is 0.412. The molecule has 0 spiro atoms. The number of carbonyl (C=O) groups excluding carboxylic acids is 1. The number of fused-ring (bicyclic) bond motifs is 1. The number of anilines is 1. The lowest BCUT2D eigenvalue weighted by Gasteiger charge is -2.22. The summed E-state index contributed by atoms with van der Waals surface area (Å²) in [7, 11) is 0. The van der Waals surface area contributed by atoms with Crippen molar-refractivity contribution >= 4 is 22.6 Å². The fourth-order valence-electron chi connectivity index (χ4n) is 2.91. The molecule has 1 aliphatic carbocycles. The highest BCUT2D eigenvalue weighted by atomic mass is 16.3. The standard InChI is InChI=1S/C17H20N6O2/c1-10(24)15-8-23(22-21-15)9-16(25)18-12-5-6-13-14(7-12)20-17(19-13)11-3-2-4-11/h5-8,10-11,24H,2-4,9H2,1H3,(H,18,25)(H,19,20). The first-order valence-corrected chi connectivity index (χ1v) is 8.46. The molecule has 1 atom stereocenters. The monoisotopic (exact) mass is 340 g/mol. The molecule has 8 heteroatoms. The lowest BCUT2D eigenvalue weighted by Crippen LogP contribution is -2.19. The number of rotatable bonds is 5. The van der Waals surface area contributed by atoms with E-state index in [0.29, 0.717) is 17.3 Å². The third-order valence-electron chi connectivity index (χ3n) is 4.57. The number of nitrogens with one attached hydrogen (secondary N) is 2. The van der Waals surface area contributed by atoms with Crippen molar-refractivity contribution in [1.29, 1.82) is 0 Å². The van der Waals surface area contributed by atoms with Gasteiger partial charge in [-0.1, -0.05) is 11.6 Å². The van der Waals surface area contributed by atoms with Crippen LogP contribution < -0.4 is 5.32 Å². The van der Waals surface area contributed by atoms with Gasteiger partial charge in [0.2, 0.25) is 5.91 Å². The minimum atomic E-state index is -0.704. The van der Waals surface area contributed by atoms with Gasteiger partial charge in [0, 0.05) is 11.6 Å². The van der Waals surface area contributed by atoms with Gasteiger partial charge in [-0.25, -0.2) is 9.67 Å². The Morgan fingerprint density at radius 2 is 2.32 bits per heavy atom. The molecule has 1 aromatic carbocycles. The van der Waals surface area contributed by atoms with Crippen LogP contribution in [0.15, 0.2) is 24.4 Å². The highest BCUT2D eigenvalue weighted by Crippen LogP contribution is 2.35. The highest BCUT2D eigenvalue weighted by molar-refractivity contribution is 5.92. The van der Waals surface area contributed by atoms with Crippen LogP contribution in [0.25, 0.3) is 11.0 Å². The number of aromatic nitrogens is 5. The SMILES string of the molecule is CC(O)c1cn(CC(=O)Nc2ccc3nc(C4CCC4)[nH]c3c2)nn1. The first kappa shape index (κ1) is 15.8. The number of aliphatic hydroxyl groups excluding tert-OH is 1. The van der Waals surface area contributed by atoms with Crippen molar-refractivity contribution in [2.24, 2.45) is 0 Å². The van der Waals surface area contributed by atoms with Gasteiger partial charge in [-0.2, -0.15) is 0 Å². The number of hydrogen-bond acceptors (Lipinski definition) is 5. The van der Waals surface area contributed by atoms with Crippen LogP contribution >= 0.6 is 0 Å². The number of aromatic amines is 1. The summed E-state index contributed by atoms with van der Waals surface area (Å²) in [4.78, 5) is 20.2. The average Bonchev–Trinajstić information content (AvgIpc) is 3.11. The molecule has 4 rings (SSSR count). The quantitative estimate of drug-likeness (QED) is 0.659. The fourth-order valence-corrected chi connectivity index (χ4v) is 2.91. The molecule has 1 fully saturated rings. The molecule has 2 aromatic heterocycles. The van der Waals surface area contributed by atoms with Crippen molar-refractivity contribution in [1.82, 2.24) is 25.0 Å². The van der Waals surface area contributed by atoms with Crippen LogP contribution in [0.2, 0.25) is 0 Å². The molecular formula is C17H20N6O2. The zero-order chi connectivity index (χ0) is 17.4. The molecule has 1 saturated carbocycles. The Balaban J connectivity index is 1.44. The van der Waals surface area contributed by atoms with E-state index in [2.05, 4.69) is 25.6 Å². The highest BCUT2D eigenvalue weighted by Gasteiger charge is 2.22. The summed E-state index contributed by atoms with van der Waals surface area (Å²) >= 11 is 0. The summed E-state index contributed by atoms with van der Waals surface area (Å²) in [5.41, 5.74) is 2.99. The van der Waals surface area contributed by atoms with Crippen LogP contribution in [0.1, 0.15) is 49.7 Å². The Bertz CT molecular complexity index is 909. The topological polar surface area (TPSA) is 109 Å². The van der Waals surface area contributed by atoms with Crippen molar-refractivity contribution in [2.75, 3.05) is 5.32 Å². The number of hydrogen-bond donors (Lipinski definition) is 3. The zero-order valence-corrected chi connectivity index (χ0v) is 13.9. The van der Waals surface area contributed by atoms with Gasteiger partial charge in [-0.05, 0) is 38.0 Å². The predicted octanol–water partition coefficient (Wildman–Crippen LogP) is 2.11. The second-order valence-corrected chi connectivity index (χ2v) is 6.55. The molecular weight excluding hydrogens is 320 g/mol. The summed E-state index contributed by atoms with van der Waals surface area (Å²) in [6.45, 7) is 1.64. The van der Waals surface area contributed by atoms with Crippen LogP contribution in [0, 0.1) is 0 Å². The Kier molecular flexibility index (Phi) is 3.96. The van der Waals surface area contributed by atoms with Gasteiger partial charge in [0.1, 0.15) is 18.1 Å². The van der Waals surface area contributed by atoms with E-state index >= 15 is 0 Å². The number of imidazole rings is 1. The lowest BCUT2D eigenvalue weighted by atomic mass is 9.85. The third-order valence-corrected chi connectivity index (χ3v) is 4.57. The maximum absolute atomic E-state index is 12.2. The normalized spacial score (nSPS) is 15.9. The Labute approximate surface area is 144 Å². The van der Waals surface area contributed by atoms with E-state index in [1.807, 2.05) is 18.2 Å². The molecule has 130 valence electrons. The molecule has 0 aliphatic heterocycles. The van der Waals surface area contributed by atoms with E-state index < -0.39 is 6.10 Å². The van der Waals surface area contributed by atoms with Crippen LogP contribution in [0.4, 0.5) is 5.69 Å². The van der Waals surface area contributed by atoms with Crippen molar-refractivity contribution in [3.05, 3.63) is 35.9 Å². The Hall–Kier alpha value is -2.74. The molecule has 3 N–H and O–H groups in total. The average molecular weight is 340 g/mol. The van der Waals surface area contributed by atoms with E-state index in [4.69, 9.17) is 0 Å². The van der Waals surface area contributed by atoms with Crippen LogP contribution in [-0.2, 0) is 11.3 Å². The summed E-state index contributed by atoms with van der Waals surface area (Å²) < 4.78 is 1.40. The zero-order valence-electron chi connectivity index (χ0n) is 13.9. The molecule has 1 unspecified atom stereocenters. The molecule has 0 radical (unpaired) electrons. The number of nitrogens with zero attached hydrogens (tertiary/aromatic N) is 4. The van der Waals surface area contributed by atoms with Gasteiger partial charge >= 0.3 is 0 Å². The molecule has 2 heterocycles. The van der Waals surface area contributed by atoms with Gasteiger partial charge in [-0.15, -0.1) is 5.10 Å². The molecule has 0 saturated heterocycles. The number of aliphatic hydroxyl groups is 1. The van der Waals surface area contributed by atoms with Crippen molar-refractivity contribution in [3.63, 3.8) is 0 Å². The van der Waals surface area contributed by atoms with E-state index in [0.717, 1.165) is 16.9 Å². The third kappa shape index (κ3) is 3.25. The molecule has 1 aliphatic rings. The van der Waals surface area contributed by atoms with Crippen LogP contribution in [-0.4, -0.2) is 36.0 Å². The van der Waals surface area contributed by atoms with Gasteiger partial charge in [0.05, 0.1) is 23.3 Å². The summed E-state index contributed by atoms with van der Waals surface area (Å²) in [6.07, 6.45) is 4.50. The summed E-state index contributed by atoms with van der Waals surface area (Å²) in [5, 5.41) is 20.0. The molecule has 0 bridgehead atoms.